The summed E-state index contributed by atoms with van der Waals surface area (Å²) in [7, 11) is 0. The van der Waals surface area contributed by atoms with Crippen LogP contribution in [0, 0.1) is 5.41 Å². The third-order valence-electron chi connectivity index (χ3n) is 3.19. The Morgan fingerprint density at radius 1 is 1.47 bits per heavy atom. The van der Waals surface area contributed by atoms with Crippen LogP contribution in [0.2, 0.25) is 0 Å². The van der Waals surface area contributed by atoms with Crippen molar-refractivity contribution < 1.29 is 0 Å². The third-order valence-corrected chi connectivity index (χ3v) is 3.19. The van der Waals surface area contributed by atoms with E-state index in [0.29, 0.717) is 18.0 Å². The number of hydrogen-bond acceptors (Lipinski definition) is 3. The lowest BCUT2D eigenvalue weighted by atomic mass is 10.1. The first-order valence-corrected chi connectivity index (χ1v) is 5.38. The predicted octanol–water partition coefficient (Wildman–Crippen LogP) is 1.94. The average molecular weight is 205 g/mol. The lowest BCUT2D eigenvalue weighted by Crippen LogP contribution is -2.11. The van der Waals surface area contributed by atoms with E-state index in [1.807, 2.05) is 18.2 Å². The Morgan fingerprint density at radius 2 is 2.13 bits per heavy atom. The molecule has 15 heavy (non-hydrogen) atoms. The molecule has 0 aliphatic heterocycles. The fourth-order valence-corrected chi connectivity index (χ4v) is 1.82. The molecule has 1 atom stereocenters. The maximum atomic E-state index is 5.72. The molecule has 5 N–H and O–H groups in total. The van der Waals surface area contributed by atoms with E-state index in [0.717, 1.165) is 16.9 Å². The Bertz CT molecular complexity index is 371. The second-order valence-corrected chi connectivity index (χ2v) is 5.01. The Hall–Kier alpha value is -1.22. The average Bonchev–Trinajstić information content (AvgIpc) is 2.77. The van der Waals surface area contributed by atoms with Gasteiger partial charge in [0.1, 0.15) is 0 Å². The molecular weight excluding hydrogens is 186 g/mol. The highest BCUT2D eigenvalue weighted by molar-refractivity contribution is 5.59. The Labute approximate surface area is 90.8 Å². The van der Waals surface area contributed by atoms with Gasteiger partial charge in [0.15, 0.2) is 0 Å². The van der Waals surface area contributed by atoms with E-state index in [1.54, 1.807) is 0 Å². The summed E-state index contributed by atoms with van der Waals surface area (Å²) >= 11 is 0. The van der Waals surface area contributed by atoms with Crippen LogP contribution in [0.4, 0.5) is 11.4 Å². The van der Waals surface area contributed by atoms with Crippen molar-refractivity contribution in [3.63, 3.8) is 0 Å². The molecule has 1 aromatic carbocycles. The molecule has 0 heterocycles. The zero-order chi connectivity index (χ0) is 11.1. The standard InChI is InChI=1S/C12H19N3/c1-12(2)6-11(12)15-10-4-3-9(14)5-8(10)7-13/h3-5,11,15H,6-7,13-14H2,1-2H3. The van der Waals surface area contributed by atoms with Crippen LogP contribution in [0.5, 0.6) is 0 Å². The number of nitrogens with one attached hydrogen (secondary N) is 1. The van der Waals surface area contributed by atoms with E-state index in [2.05, 4.69) is 19.2 Å². The predicted molar refractivity (Wildman–Crippen MR) is 64.6 cm³/mol. The summed E-state index contributed by atoms with van der Waals surface area (Å²) in [4.78, 5) is 0. The van der Waals surface area contributed by atoms with Crippen LogP contribution in [0.25, 0.3) is 0 Å². The van der Waals surface area contributed by atoms with Gasteiger partial charge in [0.25, 0.3) is 0 Å². The van der Waals surface area contributed by atoms with Crippen molar-refractivity contribution in [1.29, 1.82) is 0 Å². The van der Waals surface area contributed by atoms with Gasteiger partial charge < -0.3 is 16.8 Å². The Morgan fingerprint density at radius 3 is 2.67 bits per heavy atom. The van der Waals surface area contributed by atoms with E-state index < -0.39 is 0 Å². The van der Waals surface area contributed by atoms with E-state index in [-0.39, 0.29) is 0 Å². The smallest absolute Gasteiger partial charge is 0.0389 e. The van der Waals surface area contributed by atoms with Gasteiger partial charge in [-0.05, 0) is 35.6 Å². The molecule has 1 fully saturated rings. The van der Waals surface area contributed by atoms with Crippen LogP contribution in [-0.4, -0.2) is 6.04 Å². The molecule has 0 aromatic heterocycles. The Balaban J connectivity index is 2.14. The zero-order valence-corrected chi connectivity index (χ0v) is 9.38. The zero-order valence-electron chi connectivity index (χ0n) is 9.38. The summed E-state index contributed by atoms with van der Waals surface area (Å²) < 4.78 is 0. The molecule has 0 amide bonds. The number of anilines is 2. The molecule has 1 aliphatic rings. The highest BCUT2D eigenvalue weighted by Gasteiger charge is 2.45. The molecule has 1 saturated carbocycles. The lowest BCUT2D eigenvalue weighted by Gasteiger charge is -2.12. The first-order chi connectivity index (χ1) is 7.03. The van der Waals surface area contributed by atoms with E-state index >= 15 is 0 Å². The number of nitrogen functional groups attached to an aromatic ring is 1. The lowest BCUT2D eigenvalue weighted by molar-refractivity contribution is 0.630. The highest BCUT2D eigenvalue weighted by Crippen LogP contribution is 2.46. The highest BCUT2D eigenvalue weighted by atomic mass is 15.0. The number of rotatable bonds is 3. The molecule has 0 spiro atoms. The van der Waals surface area contributed by atoms with Crippen molar-refractivity contribution in [1.82, 2.24) is 0 Å². The number of benzene rings is 1. The van der Waals surface area contributed by atoms with Crippen molar-refractivity contribution >= 4 is 11.4 Å². The second kappa shape index (κ2) is 3.42. The SMILES string of the molecule is CC1(C)CC1Nc1ccc(N)cc1CN. The van der Waals surface area contributed by atoms with Gasteiger partial charge in [-0.25, -0.2) is 0 Å². The minimum atomic E-state index is 0.424. The Kier molecular flexibility index (Phi) is 2.35. The monoisotopic (exact) mass is 205 g/mol. The largest absolute Gasteiger partial charge is 0.399 e. The summed E-state index contributed by atoms with van der Waals surface area (Å²) in [6, 6.07) is 6.45. The quantitative estimate of drug-likeness (QED) is 0.661. The molecule has 1 aromatic rings. The maximum absolute atomic E-state index is 5.72. The van der Waals surface area contributed by atoms with Crippen molar-refractivity contribution in [2.24, 2.45) is 11.1 Å². The van der Waals surface area contributed by atoms with Gasteiger partial charge in [-0.1, -0.05) is 13.8 Å². The van der Waals surface area contributed by atoms with Crippen LogP contribution in [0.1, 0.15) is 25.8 Å². The molecular formula is C12H19N3. The molecule has 0 radical (unpaired) electrons. The minimum Gasteiger partial charge on any atom is -0.399 e. The van der Waals surface area contributed by atoms with Crippen molar-refractivity contribution in [2.75, 3.05) is 11.1 Å². The molecule has 3 nitrogen and oxygen atoms in total. The third kappa shape index (κ3) is 2.07. The van der Waals surface area contributed by atoms with Crippen LogP contribution in [0.3, 0.4) is 0 Å². The number of nitrogens with two attached hydrogens (primary N) is 2. The van der Waals surface area contributed by atoms with Gasteiger partial charge in [-0.3, -0.25) is 0 Å². The maximum Gasteiger partial charge on any atom is 0.0389 e. The minimum absolute atomic E-state index is 0.424. The molecule has 3 heteroatoms. The molecule has 82 valence electrons. The van der Waals surface area contributed by atoms with E-state index in [4.69, 9.17) is 11.5 Å². The topological polar surface area (TPSA) is 64.1 Å². The van der Waals surface area contributed by atoms with Crippen LogP contribution in [0.15, 0.2) is 18.2 Å². The van der Waals surface area contributed by atoms with Gasteiger partial charge in [0.05, 0.1) is 0 Å². The van der Waals surface area contributed by atoms with Crippen molar-refractivity contribution in [2.45, 2.75) is 32.9 Å². The van der Waals surface area contributed by atoms with E-state index in [9.17, 15) is 0 Å². The van der Waals surface area contributed by atoms with Crippen LogP contribution < -0.4 is 16.8 Å². The first kappa shape index (κ1) is 10.3. The summed E-state index contributed by atoms with van der Waals surface area (Å²) in [5.74, 6) is 0. The normalized spacial score (nSPS) is 22.5. The molecule has 0 bridgehead atoms. The van der Waals surface area contributed by atoms with Crippen LogP contribution in [-0.2, 0) is 6.54 Å². The second-order valence-electron chi connectivity index (χ2n) is 5.01. The van der Waals surface area contributed by atoms with Crippen LogP contribution >= 0.6 is 0 Å². The molecule has 2 rings (SSSR count). The molecule has 1 unspecified atom stereocenters. The van der Waals surface area contributed by atoms with Gasteiger partial charge in [0.2, 0.25) is 0 Å². The fourth-order valence-electron chi connectivity index (χ4n) is 1.82. The van der Waals surface area contributed by atoms with Gasteiger partial charge >= 0.3 is 0 Å². The molecule has 1 aliphatic carbocycles. The summed E-state index contributed by atoms with van der Waals surface area (Å²) in [6.07, 6.45) is 1.22. The van der Waals surface area contributed by atoms with E-state index in [1.165, 1.54) is 6.42 Å². The van der Waals surface area contributed by atoms with Gasteiger partial charge in [0, 0.05) is 24.0 Å². The van der Waals surface area contributed by atoms with Gasteiger partial charge in [-0.2, -0.15) is 0 Å². The van der Waals surface area contributed by atoms with Crippen molar-refractivity contribution in [3.8, 4) is 0 Å². The summed E-state index contributed by atoms with van der Waals surface area (Å²) in [6.45, 7) is 5.06. The summed E-state index contributed by atoms with van der Waals surface area (Å²) in [5.41, 5.74) is 14.8. The molecule has 0 saturated heterocycles. The number of hydrogen-bond donors (Lipinski definition) is 3. The summed E-state index contributed by atoms with van der Waals surface area (Å²) in [5, 5.41) is 3.52. The van der Waals surface area contributed by atoms with Crippen molar-refractivity contribution in [3.05, 3.63) is 23.8 Å². The van der Waals surface area contributed by atoms with Gasteiger partial charge in [-0.15, -0.1) is 0 Å². The first-order valence-electron chi connectivity index (χ1n) is 5.38. The fraction of sp³-hybridized carbons (Fsp3) is 0.500.